The van der Waals surface area contributed by atoms with E-state index in [1.807, 2.05) is 19.1 Å². The zero-order chi connectivity index (χ0) is 15.5. The number of para-hydroxylation sites is 1. The molecular formula is C14H16N2O3S2. The molecule has 0 spiro atoms. The van der Waals surface area contributed by atoms with Crippen molar-refractivity contribution in [2.75, 3.05) is 4.72 Å². The van der Waals surface area contributed by atoms with E-state index >= 15 is 0 Å². The molecule has 0 fully saturated rings. The first-order chi connectivity index (χ1) is 9.88. The second-order valence-electron chi connectivity index (χ2n) is 4.55. The van der Waals surface area contributed by atoms with Crippen molar-refractivity contribution in [1.82, 2.24) is 5.32 Å². The topological polar surface area (TPSA) is 75.3 Å². The molecule has 2 rings (SSSR count). The van der Waals surface area contributed by atoms with Gasteiger partial charge in [0.15, 0.2) is 0 Å². The number of amides is 1. The summed E-state index contributed by atoms with van der Waals surface area (Å²) in [6, 6.07) is 10.4. The van der Waals surface area contributed by atoms with Crippen molar-refractivity contribution in [2.24, 2.45) is 0 Å². The molecule has 2 N–H and O–H groups in total. The maximum absolute atomic E-state index is 12.3. The Hall–Kier alpha value is -1.86. The van der Waals surface area contributed by atoms with Crippen LogP contribution in [0.3, 0.4) is 0 Å². The van der Waals surface area contributed by atoms with Gasteiger partial charge in [-0.2, -0.15) is 0 Å². The third kappa shape index (κ3) is 4.05. The molecule has 1 amide bonds. The van der Waals surface area contributed by atoms with Gasteiger partial charge in [0, 0.05) is 11.8 Å². The Morgan fingerprint density at radius 3 is 2.57 bits per heavy atom. The molecule has 0 saturated heterocycles. The Labute approximate surface area is 128 Å². The minimum Gasteiger partial charge on any atom is -0.351 e. The van der Waals surface area contributed by atoms with E-state index in [0.717, 1.165) is 21.8 Å². The molecular weight excluding hydrogens is 308 g/mol. The van der Waals surface area contributed by atoms with Crippen molar-refractivity contribution < 1.29 is 13.2 Å². The molecule has 0 unspecified atom stereocenters. The van der Waals surface area contributed by atoms with Crippen molar-refractivity contribution in [2.45, 2.75) is 24.6 Å². The van der Waals surface area contributed by atoms with Crippen LogP contribution in [-0.4, -0.2) is 14.3 Å². The van der Waals surface area contributed by atoms with Crippen molar-refractivity contribution in [1.29, 1.82) is 0 Å². The zero-order valence-corrected chi connectivity index (χ0v) is 13.3. The first kappa shape index (κ1) is 15.5. The van der Waals surface area contributed by atoms with Crippen LogP contribution in [-0.2, 0) is 21.4 Å². The molecule has 0 radical (unpaired) electrons. The molecule has 0 aliphatic heterocycles. The Balaban J connectivity index is 2.17. The summed E-state index contributed by atoms with van der Waals surface area (Å²) in [6.07, 6.45) is 0. The minimum atomic E-state index is -3.60. The third-order valence-electron chi connectivity index (χ3n) is 2.80. The highest BCUT2D eigenvalue weighted by molar-refractivity contribution is 7.94. The zero-order valence-electron chi connectivity index (χ0n) is 11.7. The molecule has 112 valence electrons. The summed E-state index contributed by atoms with van der Waals surface area (Å²) in [6.45, 7) is 3.60. The predicted molar refractivity (Wildman–Crippen MR) is 83.8 cm³/mol. The monoisotopic (exact) mass is 324 g/mol. The fraction of sp³-hybridized carbons (Fsp3) is 0.214. The number of aryl methyl sites for hydroxylation is 1. The van der Waals surface area contributed by atoms with Gasteiger partial charge in [-0.05, 0) is 30.7 Å². The third-order valence-corrected chi connectivity index (χ3v) is 5.75. The normalized spacial score (nSPS) is 11.1. The van der Waals surface area contributed by atoms with Gasteiger partial charge in [0.25, 0.3) is 10.0 Å². The highest BCUT2D eigenvalue weighted by Crippen LogP contribution is 2.25. The summed E-state index contributed by atoms with van der Waals surface area (Å²) >= 11 is 1.14. The lowest BCUT2D eigenvalue weighted by atomic mass is 10.2. The van der Waals surface area contributed by atoms with E-state index in [0.29, 0.717) is 12.2 Å². The summed E-state index contributed by atoms with van der Waals surface area (Å²) in [5.41, 5.74) is 1.42. The van der Waals surface area contributed by atoms with Gasteiger partial charge in [-0.1, -0.05) is 18.2 Å². The lowest BCUT2D eigenvalue weighted by Gasteiger charge is -2.08. The standard InChI is InChI=1S/C14H16N2O3S2/c1-10-5-3-4-6-13(10)16-21(18,19)14-8-7-12(20-14)9-15-11(2)17/h3-8,16H,9H2,1-2H3,(H,15,17). The van der Waals surface area contributed by atoms with Crippen LogP contribution in [0.5, 0.6) is 0 Å². The van der Waals surface area contributed by atoms with E-state index < -0.39 is 10.0 Å². The number of anilines is 1. The maximum atomic E-state index is 12.3. The number of thiophene rings is 1. The van der Waals surface area contributed by atoms with Gasteiger partial charge in [0.2, 0.25) is 5.91 Å². The SMILES string of the molecule is CC(=O)NCc1ccc(S(=O)(=O)Nc2ccccc2C)s1. The van der Waals surface area contributed by atoms with Crippen LogP contribution < -0.4 is 10.0 Å². The Morgan fingerprint density at radius 2 is 1.90 bits per heavy atom. The summed E-state index contributed by atoms with van der Waals surface area (Å²) in [7, 11) is -3.60. The molecule has 1 aromatic carbocycles. The number of rotatable bonds is 5. The predicted octanol–water partition coefficient (Wildman–Crippen LogP) is 2.49. The van der Waals surface area contributed by atoms with Gasteiger partial charge in [-0.15, -0.1) is 11.3 Å². The molecule has 0 saturated carbocycles. The molecule has 0 bridgehead atoms. The lowest BCUT2D eigenvalue weighted by molar-refractivity contribution is -0.119. The van der Waals surface area contributed by atoms with Crippen LogP contribution in [0.1, 0.15) is 17.4 Å². The summed E-state index contributed by atoms with van der Waals surface area (Å²) in [5.74, 6) is -0.147. The highest BCUT2D eigenvalue weighted by Gasteiger charge is 2.17. The molecule has 1 aromatic heterocycles. The average molecular weight is 324 g/mol. The van der Waals surface area contributed by atoms with Crippen LogP contribution in [0.2, 0.25) is 0 Å². The first-order valence-corrected chi connectivity index (χ1v) is 8.60. The van der Waals surface area contributed by atoms with Crippen molar-refractivity contribution in [3.8, 4) is 0 Å². The van der Waals surface area contributed by atoms with Crippen molar-refractivity contribution in [3.63, 3.8) is 0 Å². The highest BCUT2D eigenvalue weighted by atomic mass is 32.2. The Morgan fingerprint density at radius 1 is 1.19 bits per heavy atom. The number of benzene rings is 1. The number of hydrogen-bond acceptors (Lipinski definition) is 4. The Bertz CT molecular complexity index is 751. The number of carbonyl (C=O) groups is 1. The van der Waals surface area contributed by atoms with Crippen LogP contribution in [0.15, 0.2) is 40.6 Å². The van der Waals surface area contributed by atoms with Crippen LogP contribution in [0.4, 0.5) is 5.69 Å². The van der Waals surface area contributed by atoms with E-state index in [9.17, 15) is 13.2 Å². The molecule has 5 nitrogen and oxygen atoms in total. The number of carbonyl (C=O) groups excluding carboxylic acids is 1. The summed E-state index contributed by atoms with van der Waals surface area (Å²) < 4.78 is 27.4. The maximum Gasteiger partial charge on any atom is 0.271 e. The molecule has 2 aromatic rings. The average Bonchev–Trinajstić information content (AvgIpc) is 2.88. The molecule has 21 heavy (non-hydrogen) atoms. The second-order valence-corrected chi connectivity index (χ2v) is 7.63. The van der Waals surface area contributed by atoms with Crippen molar-refractivity contribution >= 4 is 33.0 Å². The molecule has 0 atom stereocenters. The number of hydrogen-bond donors (Lipinski definition) is 2. The fourth-order valence-electron chi connectivity index (χ4n) is 1.69. The van der Waals surface area contributed by atoms with Crippen molar-refractivity contribution in [3.05, 3.63) is 46.8 Å². The molecule has 0 aliphatic carbocycles. The van der Waals surface area contributed by atoms with Gasteiger partial charge in [0.05, 0.1) is 12.2 Å². The van der Waals surface area contributed by atoms with Crippen LogP contribution >= 0.6 is 11.3 Å². The Kier molecular flexibility index (Phi) is 4.64. The molecule has 1 heterocycles. The van der Waals surface area contributed by atoms with Gasteiger partial charge >= 0.3 is 0 Å². The largest absolute Gasteiger partial charge is 0.351 e. The minimum absolute atomic E-state index is 0.147. The van der Waals surface area contributed by atoms with Crippen LogP contribution in [0, 0.1) is 6.92 Å². The number of nitrogens with one attached hydrogen (secondary N) is 2. The van der Waals surface area contributed by atoms with Crippen LogP contribution in [0.25, 0.3) is 0 Å². The smallest absolute Gasteiger partial charge is 0.271 e. The van der Waals surface area contributed by atoms with E-state index in [4.69, 9.17) is 0 Å². The number of sulfonamides is 1. The van der Waals surface area contributed by atoms with Gasteiger partial charge in [-0.25, -0.2) is 8.42 Å². The lowest BCUT2D eigenvalue weighted by Crippen LogP contribution is -2.18. The van der Waals surface area contributed by atoms with E-state index in [2.05, 4.69) is 10.0 Å². The fourth-order valence-corrected chi connectivity index (χ4v) is 4.12. The van der Waals surface area contributed by atoms with Gasteiger partial charge in [-0.3, -0.25) is 9.52 Å². The first-order valence-electron chi connectivity index (χ1n) is 6.30. The molecule has 7 heteroatoms. The summed E-state index contributed by atoms with van der Waals surface area (Å²) in [5, 5.41) is 2.64. The quantitative estimate of drug-likeness (QED) is 0.887. The second kappa shape index (κ2) is 6.28. The van der Waals surface area contributed by atoms with Gasteiger partial charge < -0.3 is 5.32 Å². The molecule has 0 aliphatic rings. The summed E-state index contributed by atoms with van der Waals surface area (Å²) in [4.78, 5) is 11.6. The van der Waals surface area contributed by atoms with Gasteiger partial charge in [0.1, 0.15) is 4.21 Å². The van der Waals surface area contributed by atoms with E-state index in [1.165, 1.54) is 6.92 Å². The van der Waals surface area contributed by atoms with E-state index in [1.54, 1.807) is 24.3 Å². The van der Waals surface area contributed by atoms with E-state index in [-0.39, 0.29) is 10.1 Å².